The first-order valence-electron chi connectivity index (χ1n) is 6.34. The maximum atomic E-state index is 13.0. The largest absolute Gasteiger partial charge is 0.447 e. The lowest BCUT2D eigenvalue weighted by Crippen LogP contribution is -2.26. The summed E-state index contributed by atoms with van der Waals surface area (Å²) < 4.78 is 18.2. The van der Waals surface area contributed by atoms with Gasteiger partial charge in [0.05, 0.1) is 6.42 Å². The summed E-state index contributed by atoms with van der Waals surface area (Å²) >= 11 is 0. The van der Waals surface area contributed by atoms with Crippen molar-refractivity contribution in [3.05, 3.63) is 71.5 Å². The van der Waals surface area contributed by atoms with Crippen molar-refractivity contribution in [2.45, 2.75) is 12.5 Å². The highest BCUT2D eigenvalue weighted by Crippen LogP contribution is 2.18. The number of benzene rings is 2. The minimum atomic E-state index is -1.15. The van der Waals surface area contributed by atoms with E-state index in [1.165, 1.54) is 18.2 Å². The van der Waals surface area contributed by atoms with Crippen molar-refractivity contribution in [1.29, 1.82) is 0 Å². The lowest BCUT2D eigenvalue weighted by molar-refractivity contribution is -0.154. The van der Waals surface area contributed by atoms with E-state index in [-0.39, 0.29) is 6.42 Å². The summed E-state index contributed by atoms with van der Waals surface area (Å²) in [7, 11) is 0. The molecular formula is C16H14FNO3. The molecule has 5 heteroatoms. The van der Waals surface area contributed by atoms with Gasteiger partial charge in [0, 0.05) is 5.56 Å². The first kappa shape index (κ1) is 14.7. The number of esters is 1. The van der Waals surface area contributed by atoms with Crippen LogP contribution in [0.2, 0.25) is 0 Å². The van der Waals surface area contributed by atoms with Crippen LogP contribution in [0.25, 0.3) is 0 Å². The fourth-order valence-corrected chi connectivity index (χ4v) is 1.90. The second-order valence-electron chi connectivity index (χ2n) is 4.49. The Morgan fingerprint density at radius 1 is 1.10 bits per heavy atom. The maximum absolute atomic E-state index is 13.0. The molecule has 21 heavy (non-hydrogen) atoms. The Morgan fingerprint density at radius 3 is 2.43 bits per heavy atom. The van der Waals surface area contributed by atoms with Crippen molar-refractivity contribution in [3.63, 3.8) is 0 Å². The molecule has 0 radical (unpaired) electrons. The van der Waals surface area contributed by atoms with Crippen molar-refractivity contribution in [3.8, 4) is 0 Å². The van der Waals surface area contributed by atoms with Crippen LogP contribution in [0.3, 0.4) is 0 Å². The summed E-state index contributed by atoms with van der Waals surface area (Å²) in [5.74, 6) is -1.84. The van der Waals surface area contributed by atoms with Crippen molar-refractivity contribution >= 4 is 11.9 Å². The summed E-state index contributed by atoms with van der Waals surface area (Å²) in [5, 5.41) is 0. The summed E-state index contributed by atoms with van der Waals surface area (Å²) in [4.78, 5) is 23.3. The number of ether oxygens (including phenoxy) is 1. The SMILES string of the molecule is NC(=O)C(OC(=O)Cc1cccc(F)c1)c1ccccc1. The van der Waals surface area contributed by atoms with Crippen LogP contribution in [0, 0.1) is 5.82 Å². The molecule has 2 rings (SSSR count). The fourth-order valence-electron chi connectivity index (χ4n) is 1.90. The number of primary amides is 1. The van der Waals surface area contributed by atoms with Crippen LogP contribution in [0.15, 0.2) is 54.6 Å². The third-order valence-electron chi connectivity index (χ3n) is 2.85. The lowest BCUT2D eigenvalue weighted by Gasteiger charge is -2.15. The van der Waals surface area contributed by atoms with Gasteiger partial charge >= 0.3 is 5.97 Å². The molecule has 0 bridgehead atoms. The smallest absolute Gasteiger partial charge is 0.311 e. The maximum Gasteiger partial charge on any atom is 0.311 e. The van der Waals surface area contributed by atoms with E-state index in [0.29, 0.717) is 11.1 Å². The normalized spacial score (nSPS) is 11.7. The predicted molar refractivity (Wildman–Crippen MR) is 74.6 cm³/mol. The molecule has 0 spiro atoms. The van der Waals surface area contributed by atoms with Crippen LogP contribution >= 0.6 is 0 Å². The number of hydrogen-bond acceptors (Lipinski definition) is 3. The Kier molecular flexibility index (Phi) is 4.66. The number of carbonyl (C=O) groups excluding carboxylic acids is 2. The van der Waals surface area contributed by atoms with Crippen molar-refractivity contribution in [2.24, 2.45) is 5.73 Å². The molecule has 0 saturated heterocycles. The number of carbonyl (C=O) groups is 2. The van der Waals surface area contributed by atoms with Crippen molar-refractivity contribution in [1.82, 2.24) is 0 Å². The minimum Gasteiger partial charge on any atom is -0.447 e. The molecule has 0 aliphatic heterocycles. The molecule has 0 saturated carbocycles. The van der Waals surface area contributed by atoms with E-state index in [2.05, 4.69) is 0 Å². The van der Waals surface area contributed by atoms with Gasteiger partial charge in [0.25, 0.3) is 5.91 Å². The second kappa shape index (κ2) is 6.65. The van der Waals surface area contributed by atoms with E-state index >= 15 is 0 Å². The van der Waals surface area contributed by atoms with E-state index in [0.717, 1.165) is 0 Å². The molecule has 1 atom stereocenters. The molecule has 108 valence electrons. The highest BCUT2D eigenvalue weighted by molar-refractivity contribution is 5.84. The average Bonchev–Trinajstić information content (AvgIpc) is 2.45. The lowest BCUT2D eigenvalue weighted by atomic mass is 10.1. The van der Waals surface area contributed by atoms with Gasteiger partial charge in [0.15, 0.2) is 0 Å². The fraction of sp³-hybridized carbons (Fsp3) is 0.125. The monoisotopic (exact) mass is 287 g/mol. The first-order chi connectivity index (χ1) is 10.1. The van der Waals surface area contributed by atoms with Gasteiger partial charge in [-0.3, -0.25) is 9.59 Å². The van der Waals surface area contributed by atoms with Crippen LogP contribution in [0.1, 0.15) is 17.2 Å². The molecular weight excluding hydrogens is 273 g/mol. The molecule has 0 heterocycles. The van der Waals surface area contributed by atoms with Crippen LogP contribution in [0.4, 0.5) is 4.39 Å². The van der Waals surface area contributed by atoms with Gasteiger partial charge in [-0.15, -0.1) is 0 Å². The van der Waals surface area contributed by atoms with Gasteiger partial charge in [-0.2, -0.15) is 0 Å². The van der Waals surface area contributed by atoms with E-state index in [1.54, 1.807) is 36.4 Å². The van der Waals surface area contributed by atoms with Gasteiger partial charge < -0.3 is 10.5 Å². The summed E-state index contributed by atoms with van der Waals surface area (Å²) in [6, 6.07) is 14.1. The first-order valence-corrected chi connectivity index (χ1v) is 6.34. The molecule has 2 aromatic rings. The van der Waals surface area contributed by atoms with Gasteiger partial charge in [-0.1, -0.05) is 42.5 Å². The van der Waals surface area contributed by atoms with Crippen molar-refractivity contribution in [2.75, 3.05) is 0 Å². The second-order valence-corrected chi connectivity index (χ2v) is 4.49. The van der Waals surface area contributed by atoms with Gasteiger partial charge in [0.1, 0.15) is 5.82 Å². The van der Waals surface area contributed by atoms with E-state index in [9.17, 15) is 14.0 Å². The van der Waals surface area contributed by atoms with E-state index < -0.39 is 23.8 Å². The molecule has 2 aromatic carbocycles. The quantitative estimate of drug-likeness (QED) is 0.856. The molecule has 1 unspecified atom stereocenters. The number of hydrogen-bond donors (Lipinski definition) is 1. The van der Waals surface area contributed by atoms with Gasteiger partial charge in [0.2, 0.25) is 6.10 Å². The number of amides is 1. The van der Waals surface area contributed by atoms with Crippen molar-refractivity contribution < 1.29 is 18.7 Å². The van der Waals surface area contributed by atoms with Crippen LogP contribution in [0.5, 0.6) is 0 Å². The van der Waals surface area contributed by atoms with Crippen LogP contribution < -0.4 is 5.73 Å². The Labute approximate surface area is 121 Å². The average molecular weight is 287 g/mol. The summed E-state index contributed by atoms with van der Waals surface area (Å²) in [6.07, 6.45) is -1.28. The summed E-state index contributed by atoms with van der Waals surface area (Å²) in [6.45, 7) is 0. The molecule has 2 N–H and O–H groups in total. The Bertz CT molecular complexity index is 643. The minimum absolute atomic E-state index is 0.131. The molecule has 4 nitrogen and oxygen atoms in total. The standard InChI is InChI=1S/C16H14FNO3/c17-13-8-4-5-11(9-13)10-14(19)21-15(16(18)20)12-6-2-1-3-7-12/h1-9,15H,10H2,(H2,18,20). The van der Waals surface area contributed by atoms with Crippen LogP contribution in [-0.4, -0.2) is 11.9 Å². The Hall–Kier alpha value is -2.69. The summed E-state index contributed by atoms with van der Waals surface area (Å²) in [5.41, 5.74) is 6.22. The zero-order valence-corrected chi connectivity index (χ0v) is 11.2. The third-order valence-corrected chi connectivity index (χ3v) is 2.85. The number of nitrogens with two attached hydrogens (primary N) is 1. The third kappa shape index (κ3) is 4.14. The van der Waals surface area contributed by atoms with Gasteiger partial charge in [-0.05, 0) is 17.7 Å². The molecule has 0 aromatic heterocycles. The van der Waals surface area contributed by atoms with Gasteiger partial charge in [-0.25, -0.2) is 4.39 Å². The van der Waals surface area contributed by atoms with E-state index in [1.807, 2.05) is 0 Å². The zero-order valence-electron chi connectivity index (χ0n) is 11.2. The molecule has 0 fully saturated rings. The topological polar surface area (TPSA) is 69.4 Å². The number of rotatable bonds is 5. The molecule has 0 aliphatic rings. The zero-order chi connectivity index (χ0) is 15.2. The Balaban J connectivity index is 2.07. The number of halogens is 1. The van der Waals surface area contributed by atoms with E-state index in [4.69, 9.17) is 10.5 Å². The highest BCUT2D eigenvalue weighted by atomic mass is 19.1. The highest BCUT2D eigenvalue weighted by Gasteiger charge is 2.22. The Morgan fingerprint density at radius 2 is 1.81 bits per heavy atom. The predicted octanol–water partition coefficient (Wildman–Crippen LogP) is 2.14. The molecule has 0 aliphatic carbocycles. The van der Waals surface area contributed by atoms with Crippen LogP contribution in [-0.2, 0) is 20.7 Å². The molecule has 1 amide bonds.